The number of carbonyl (C=O) groups is 1. The van der Waals surface area contributed by atoms with E-state index in [2.05, 4.69) is 21.9 Å². The summed E-state index contributed by atoms with van der Waals surface area (Å²) in [6, 6.07) is 15.1. The van der Waals surface area contributed by atoms with Crippen molar-refractivity contribution in [1.29, 1.82) is 0 Å². The topological polar surface area (TPSA) is 106 Å². The van der Waals surface area contributed by atoms with E-state index in [-0.39, 0.29) is 35.6 Å². The second-order valence-corrected chi connectivity index (χ2v) is 12.4. The molecule has 1 aliphatic carbocycles. The second-order valence-electron chi connectivity index (χ2n) is 12.4. The maximum Gasteiger partial charge on any atom is 0.329 e. The number of carbonyl (C=O) groups excluding carboxylic acids is 1. The Morgan fingerprint density at radius 3 is 2.80 bits per heavy atom. The predicted molar refractivity (Wildman–Crippen MR) is 162 cm³/mol. The van der Waals surface area contributed by atoms with Crippen molar-refractivity contribution in [1.82, 2.24) is 24.4 Å². The predicted octanol–water partition coefficient (Wildman–Crippen LogP) is 6.11. The van der Waals surface area contributed by atoms with Gasteiger partial charge in [-0.05, 0) is 68.2 Å². The zero-order valence-corrected chi connectivity index (χ0v) is 24.8. The zero-order valence-electron chi connectivity index (χ0n) is 24.8. The molecule has 11 heteroatoms. The molecule has 4 heterocycles. The fourth-order valence-electron chi connectivity index (χ4n) is 7.05. The number of furan rings is 1. The molecular weight excluding hydrogens is 568 g/mol. The molecule has 3 atom stereocenters. The van der Waals surface area contributed by atoms with Gasteiger partial charge in [0.1, 0.15) is 17.7 Å². The van der Waals surface area contributed by atoms with Gasteiger partial charge in [-0.15, -0.1) is 0 Å². The molecule has 1 N–H and O–H groups in total. The van der Waals surface area contributed by atoms with E-state index in [0.29, 0.717) is 60.1 Å². The summed E-state index contributed by atoms with van der Waals surface area (Å²) in [7, 11) is 0. The summed E-state index contributed by atoms with van der Waals surface area (Å²) in [5.74, 6) is -3.62. The Bertz CT molecular complexity index is 1930. The number of amides is 1. The number of piperidine rings is 1. The summed E-state index contributed by atoms with van der Waals surface area (Å²) in [5, 5.41) is 0.663. The van der Waals surface area contributed by atoms with Crippen LogP contribution in [0, 0.1) is 18.3 Å². The average Bonchev–Trinajstić information content (AvgIpc) is 3.41. The minimum absolute atomic E-state index is 0.0299. The number of hydrogen-bond acceptors (Lipinski definition) is 6. The summed E-state index contributed by atoms with van der Waals surface area (Å²) in [5.41, 5.74) is 3.42. The fraction of sp³-hybridized carbons (Fsp3) is 0.455. The van der Waals surface area contributed by atoms with Crippen LogP contribution in [-0.2, 0) is 15.5 Å². The second kappa shape index (κ2) is 10.8. The molecule has 2 aliphatic rings. The van der Waals surface area contributed by atoms with Crippen molar-refractivity contribution in [2.45, 2.75) is 57.9 Å². The molecule has 3 aromatic heterocycles. The molecule has 1 saturated heterocycles. The lowest BCUT2D eigenvalue weighted by atomic mass is 9.82. The monoisotopic (exact) mass is 603 g/mol. The van der Waals surface area contributed by atoms with Gasteiger partial charge in [0, 0.05) is 37.5 Å². The maximum atomic E-state index is 15.0. The number of fused-ring (bicyclic) bond motifs is 4. The molecule has 2 aromatic carbocycles. The Hall–Kier alpha value is -4.12. The molecule has 1 amide bonds. The largest absolute Gasteiger partial charge is 0.452 e. The summed E-state index contributed by atoms with van der Waals surface area (Å²) in [6.07, 6.45) is 3.19. The Kier molecular flexibility index (Phi) is 7.03. The van der Waals surface area contributed by atoms with Gasteiger partial charge in [0.15, 0.2) is 5.58 Å². The minimum Gasteiger partial charge on any atom is -0.452 e. The molecule has 1 saturated carbocycles. The van der Waals surface area contributed by atoms with E-state index < -0.39 is 18.4 Å². The van der Waals surface area contributed by atoms with Gasteiger partial charge >= 0.3 is 11.6 Å². The number of alkyl halides is 2. The van der Waals surface area contributed by atoms with Crippen molar-refractivity contribution in [3.8, 4) is 0 Å². The lowest BCUT2D eigenvalue weighted by molar-refractivity contribution is -0.134. The molecule has 9 nitrogen and oxygen atoms in total. The van der Waals surface area contributed by atoms with Gasteiger partial charge < -0.3 is 19.0 Å². The summed E-state index contributed by atoms with van der Waals surface area (Å²) in [6.45, 7) is 4.39. The number of nitrogens with one attached hydrogen (secondary N) is 1. The highest BCUT2D eigenvalue weighted by molar-refractivity contribution is 6.02. The number of hydrogen-bond donors (Lipinski definition) is 1. The van der Waals surface area contributed by atoms with Gasteiger partial charge in [-0.1, -0.05) is 31.2 Å². The fourth-order valence-corrected chi connectivity index (χ4v) is 7.05. The van der Waals surface area contributed by atoms with Gasteiger partial charge in [-0.3, -0.25) is 9.36 Å². The maximum absolute atomic E-state index is 15.0. The van der Waals surface area contributed by atoms with Crippen LogP contribution >= 0.6 is 0 Å². The van der Waals surface area contributed by atoms with Crippen LogP contribution in [-0.4, -0.2) is 56.6 Å². The quantitative estimate of drug-likeness (QED) is 0.204. The van der Waals surface area contributed by atoms with Crippen LogP contribution in [0.15, 0.2) is 57.7 Å². The van der Waals surface area contributed by atoms with Gasteiger partial charge in [0.25, 0.3) is 0 Å². The van der Waals surface area contributed by atoms with Crippen molar-refractivity contribution in [2.75, 3.05) is 26.3 Å². The van der Waals surface area contributed by atoms with E-state index >= 15 is 8.78 Å². The van der Waals surface area contributed by atoms with Crippen LogP contribution < -0.4 is 5.69 Å². The standard InChI is InChI=1S/C33H35F2N5O4/c1-20-18-39(15-14-32(20)17-26(32)40-24-11-5-4-10-23(24)37-31(40)42)27(41)13-7-8-16-43-19-33(34,35)30-36-21(2)29-28(38-30)22-9-3-6-12-25(22)44-29/h3-6,9-12,20,26H,7-8,13-19H2,1-2H3,(H,37,42)/t20-,26+,32-/m0/s1. The third-order valence-electron chi connectivity index (χ3n) is 9.62. The third-order valence-corrected chi connectivity index (χ3v) is 9.62. The number of halogens is 2. The highest BCUT2D eigenvalue weighted by atomic mass is 19.3. The number of ether oxygens (including phenoxy) is 1. The molecule has 0 bridgehead atoms. The normalized spacial score (nSPS) is 22.0. The number of benzene rings is 2. The molecule has 1 aliphatic heterocycles. The van der Waals surface area contributed by atoms with E-state index in [4.69, 9.17) is 9.15 Å². The third kappa shape index (κ3) is 4.87. The summed E-state index contributed by atoms with van der Waals surface area (Å²) >= 11 is 0. The highest BCUT2D eigenvalue weighted by Gasteiger charge is 2.60. The molecule has 230 valence electrons. The van der Waals surface area contributed by atoms with Crippen molar-refractivity contribution in [3.63, 3.8) is 0 Å². The van der Waals surface area contributed by atoms with E-state index in [1.165, 1.54) is 0 Å². The number of rotatable bonds is 9. The minimum atomic E-state index is -3.37. The first-order chi connectivity index (χ1) is 21.2. The number of para-hydroxylation sites is 3. The van der Waals surface area contributed by atoms with E-state index in [1.807, 2.05) is 39.8 Å². The van der Waals surface area contributed by atoms with Gasteiger partial charge in [-0.25, -0.2) is 14.8 Å². The van der Waals surface area contributed by atoms with Crippen LogP contribution in [0.25, 0.3) is 33.1 Å². The Labute approximate surface area is 252 Å². The number of aryl methyl sites for hydroxylation is 1. The average molecular weight is 604 g/mol. The Morgan fingerprint density at radius 1 is 1.16 bits per heavy atom. The van der Waals surface area contributed by atoms with E-state index in [1.54, 1.807) is 25.1 Å². The molecule has 0 unspecified atom stereocenters. The lowest BCUT2D eigenvalue weighted by Gasteiger charge is -2.38. The van der Waals surface area contributed by atoms with Crippen LogP contribution in [0.4, 0.5) is 8.78 Å². The Morgan fingerprint density at radius 2 is 1.95 bits per heavy atom. The SMILES string of the molecule is Cc1nc(C(F)(F)COCCCCC(=O)N2CC[C@]3(C[C@H]3n3c(=O)[nH]c4ccccc43)[C@@H](C)C2)nc2c1oc1ccccc12. The molecule has 2 fully saturated rings. The van der Waals surface area contributed by atoms with Gasteiger partial charge in [0.05, 0.1) is 16.7 Å². The van der Waals surface area contributed by atoms with Crippen LogP contribution in [0.3, 0.4) is 0 Å². The smallest absolute Gasteiger partial charge is 0.329 e. The number of imidazole rings is 1. The Balaban J connectivity index is 0.881. The highest BCUT2D eigenvalue weighted by Crippen LogP contribution is 2.65. The first-order valence-electron chi connectivity index (χ1n) is 15.3. The van der Waals surface area contributed by atoms with Crippen molar-refractivity contribution in [3.05, 3.63) is 70.5 Å². The number of aromatic nitrogens is 4. The number of nitrogens with zero attached hydrogens (tertiary/aromatic N) is 4. The molecular formula is C33H35F2N5O4. The molecule has 1 spiro atoms. The van der Waals surface area contributed by atoms with Crippen molar-refractivity contribution in [2.24, 2.45) is 11.3 Å². The molecule has 5 aromatic rings. The molecule has 7 rings (SSSR count). The van der Waals surface area contributed by atoms with E-state index in [9.17, 15) is 9.59 Å². The van der Waals surface area contributed by atoms with Crippen LogP contribution in [0.1, 0.15) is 56.6 Å². The zero-order chi connectivity index (χ0) is 30.6. The molecule has 44 heavy (non-hydrogen) atoms. The molecule has 0 radical (unpaired) electrons. The summed E-state index contributed by atoms with van der Waals surface area (Å²) < 4.78 is 43.0. The first-order valence-corrected chi connectivity index (χ1v) is 15.3. The van der Waals surface area contributed by atoms with Crippen molar-refractivity contribution >= 4 is 39.0 Å². The van der Waals surface area contributed by atoms with Gasteiger partial charge in [0.2, 0.25) is 11.7 Å². The number of likely N-dealkylation sites (tertiary alicyclic amines) is 1. The summed E-state index contributed by atoms with van der Waals surface area (Å²) in [4.78, 5) is 38.7. The van der Waals surface area contributed by atoms with Crippen LogP contribution in [0.2, 0.25) is 0 Å². The van der Waals surface area contributed by atoms with E-state index in [0.717, 1.165) is 23.9 Å². The van der Waals surface area contributed by atoms with Crippen molar-refractivity contribution < 1.29 is 22.7 Å². The van der Waals surface area contributed by atoms with Gasteiger partial charge in [-0.2, -0.15) is 8.78 Å². The lowest BCUT2D eigenvalue weighted by Crippen LogP contribution is -2.44. The number of unbranched alkanes of at least 4 members (excludes halogenated alkanes) is 1. The van der Waals surface area contributed by atoms with Crippen LogP contribution in [0.5, 0.6) is 0 Å². The first kappa shape index (κ1) is 28.6. The number of aromatic amines is 1. The number of H-pyrrole nitrogens is 1.